The van der Waals surface area contributed by atoms with Crippen LogP contribution in [0.4, 0.5) is 0 Å². The molecule has 2 aliphatic carbocycles. The van der Waals surface area contributed by atoms with Crippen molar-refractivity contribution >= 4 is 11.9 Å². The molecular weight excluding hydrogens is 278 g/mol. The fourth-order valence-corrected chi connectivity index (χ4v) is 4.24. The number of ether oxygens (including phenoxy) is 1. The molecule has 0 bridgehead atoms. The molecule has 3 rings (SSSR count). The maximum Gasteiger partial charge on any atom is 0.311 e. The van der Waals surface area contributed by atoms with E-state index in [2.05, 4.69) is 6.92 Å². The highest BCUT2D eigenvalue weighted by Gasteiger charge is 2.40. The average molecular weight is 307 g/mol. The molecule has 0 aromatic carbocycles. The number of likely N-dealkylation sites (tertiary alicyclic amines) is 1. The second kappa shape index (κ2) is 7.01. The second-order valence-corrected chi connectivity index (χ2v) is 7.56. The lowest BCUT2D eigenvalue weighted by molar-refractivity contribution is -0.155. The summed E-state index contributed by atoms with van der Waals surface area (Å²) >= 11 is 0. The monoisotopic (exact) mass is 307 g/mol. The Balaban J connectivity index is 1.51. The second-order valence-electron chi connectivity index (χ2n) is 7.56. The Bertz CT molecular complexity index is 409. The molecule has 124 valence electrons. The minimum absolute atomic E-state index is 0.0981. The van der Waals surface area contributed by atoms with Crippen molar-refractivity contribution in [2.75, 3.05) is 6.54 Å². The van der Waals surface area contributed by atoms with Crippen LogP contribution in [0.5, 0.6) is 0 Å². The van der Waals surface area contributed by atoms with Gasteiger partial charge in [0.25, 0.3) is 0 Å². The molecule has 0 unspecified atom stereocenters. The predicted molar refractivity (Wildman–Crippen MR) is 84.2 cm³/mol. The maximum atomic E-state index is 12.3. The zero-order valence-electron chi connectivity index (χ0n) is 13.8. The van der Waals surface area contributed by atoms with Gasteiger partial charge in [0.05, 0.1) is 5.92 Å². The molecule has 1 atom stereocenters. The molecule has 1 amide bonds. The Labute approximate surface area is 133 Å². The summed E-state index contributed by atoms with van der Waals surface area (Å²) in [5.74, 6) is 0.576. The van der Waals surface area contributed by atoms with Gasteiger partial charge in [-0.25, -0.2) is 0 Å². The first-order valence-electron chi connectivity index (χ1n) is 9.13. The largest absolute Gasteiger partial charge is 0.462 e. The highest BCUT2D eigenvalue weighted by Crippen LogP contribution is 2.32. The maximum absolute atomic E-state index is 12.3. The quantitative estimate of drug-likeness (QED) is 0.752. The van der Waals surface area contributed by atoms with E-state index in [-0.39, 0.29) is 23.9 Å². The topological polar surface area (TPSA) is 46.6 Å². The number of nitrogens with zero attached hydrogens (tertiary/aromatic N) is 1. The molecule has 22 heavy (non-hydrogen) atoms. The van der Waals surface area contributed by atoms with E-state index in [1.54, 1.807) is 0 Å². The van der Waals surface area contributed by atoms with Gasteiger partial charge in [0, 0.05) is 19.0 Å². The van der Waals surface area contributed by atoms with Crippen LogP contribution in [0.15, 0.2) is 0 Å². The van der Waals surface area contributed by atoms with Crippen LogP contribution in [-0.2, 0) is 14.3 Å². The van der Waals surface area contributed by atoms with E-state index in [1.165, 1.54) is 19.3 Å². The summed E-state index contributed by atoms with van der Waals surface area (Å²) in [5, 5.41) is 0. The normalized spacial score (nSPS) is 34.0. The van der Waals surface area contributed by atoms with Crippen LogP contribution in [0.3, 0.4) is 0 Å². The molecule has 2 saturated carbocycles. The molecule has 1 saturated heterocycles. The molecular formula is C18H29NO3. The van der Waals surface area contributed by atoms with E-state index in [1.807, 2.05) is 4.90 Å². The fraction of sp³-hybridized carbons (Fsp3) is 0.889. The highest BCUT2D eigenvalue weighted by atomic mass is 16.5. The third kappa shape index (κ3) is 3.64. The first kappa shape index (κ1) is 15.8. The third-order valence-corrected chi connectivity index (χ3v) is 5.75. The number of carbonyl (C=O) groups excluding carboxylic acids is 2. The summed E-state index contributed by atoms with van der Waals surface area (Å²) in [5.41, 5.74) is 0. The van der Waals surface area contributed by atoms with E-state index < -0.39 is 0 Å². The van der Waals surface area contributed by atoms with Crippen LogP contribution < -0.4 is 0 Å². The molecule has 0 spiro atoms. The van der Waals surface area contributed by atoms with E-state index in [0.717, 1.165) is 44.4 Å². The van der Waals surface area contributed by atoms with Crippen LogP contribution in [0.25, 0.3) is 0 Å². The molecule has 0 aromatic heterocycles. The molecule has 0 aromatic rings. The number of hydrogen-bond donors (Lipinski definition) is 0. The van der Waals surface area contributed by atoms with Crippen molar-refractivity contribution in [3.63, 3.8) is 0 Å². The third-order valence-electron chi connectivity index (χ3n) is 5.75. The molecule has 0 N–H and O–H groups in total. The van der Waals surface area contributed by atoms with Crippen LogP contribution in [0.1, 0.15) is 71.1 Å². The lowest BCUT2D eigenvalue weighted by Gasteiger charge is -2.33. The number of esters is 1. The molecule has 3 aliphatic rings. The molecule has 1 aliphatic heterocycles. The van der Waals surface area contributed by atoms with Crippen molar-refractivity contribution in [3.8, 4) is 0 Å². The van der Waals surface area contributed by atoms with Crippen LogP contribution >= 0.6 is 0 Å². The van der Waals surface area contributed by atoms with Gasteiger partial charge in [-0.3, -0.25) is 9.59 Å². The number of amides is 1. The van der Waals surface area contributed by atoms with E-state index in [9.17, 15) is 9.59 Å². The summed E-state index contributed by atoms with van der Waals surface area (Å²) in [7, 11) is 0. The molecule has 3 fully saturated rings. The minimum atomic E-state index is -0.228. The van der Waals surface area contributed by atoms with Crippen molar-refractivity contribution in [1.82, 2.24) is 4.90 Å². The van der Waals surface area contributed by atoms with Gasteiger partial charge in [-0.15, -0.1) is 0 Å². The fourth-order valence-electron chi connectivity index (χ4n) is 4.24. The van der Waals surface area contributed by atoms with Gasteiger partial charge >= 0.3 is 5.97 Å². The Morgan fingerprint density at radius 2 is 1.73 bits per heavy atom. The highest BCUT2D eigenvalue weighted by molar-refractivity contribution is 5.87. The number of carbonyl (C=O) groups is 2. The van der Waals surface area contributed by atoms with Gasteiger partial charge < -0.3 is 9.64 Å². The van der Waals surface area contributed by atoms with Gasteiger partial charge in [0.1, 0.15) is 6.10 Å². The smallest absolute Gasteiger partial charge is 0.311 e. The van der Waals surface area contributed by atoms with Crippen molar-refractivity contribution in [1.29, 1.82) is 0 Å². The zero-order chi connectivity index (χ0) is 15.5. The van der Waals surface area contributed by atoms with Crippen molar-refractivity contribution < 1.29 is 14.3 Å². The van der Waals surface area contributed by atoms with Crippen LogP contribution in [0.2, 0.25) is 0 Å². The van der Waals surface area contributed by atoms with Gasteiger partial charge in [-0.05, 0) is 57.3 Å². The first-order chi connectivity index (χ1) is 10.6. The van der Waals surface area contributed by atoms with Crippen molar-refractivity contribution in [2.24, 2.45) is 11.8 Å². The Kier molecular flexibility index (Phi) is 5.04. The Hall–Kier alpha value is -1.06. The summed E-state index contributed by atoms with van der Waals surface area (Å²) < 4.78 is 5.66. The lowest BCUT2D eigenvalue weighted by atomic mass is 9.87. The molecule has 4 nitrogen and oxygen atoms in total. The number of hydrogen-bond acceptors (Lipinski definition) is 3. The van der Waals surface area contributed by atoms with E-state index in [0.29, 0.717) is 19.0 Å². The summed E-state index contributed by atoms with van der Waals surface area (Å²) in [6, 6.07) is 0.358. The van der Waals surface area contributed by atoms with Crippen LogP contribution in [-0.4, -0.2) is 35.5 Å². The van der Waals surface area contributed by atoms with Gasteiger partial charge in [-0.2, -0.15) is 0 Å². The SMILES string of the molecule is CC1CCC(N2C[C@@H](C(=O)OC3CCCCC3)CC2=O)CC1. The van der Waals surface area contributed by atoms with Gasteiger partial charge in [-0.1, -0.05) is 13.3 Å². The number of rotatable bonds is 3. The van der Waals surface area contributed by atoms with E-state index in [4.69, 9.17) is 4.74 Å². The van der Waals surface area contributed by atoms with Crippen molar-refractivity contribution in [3.05, 3.63) is 0 Å². The first-order valence-corrected chi connectivity index (χ1v) is 9.13. The molecule has 4 heteroatoms. The Morgan fingerprint density at radius 3 is 2.41 bits per heavy atom. The summed E-state index contributed by atoms with van der Waals surface area (Å²) in [6.45, 7) is 2.87. The summed E-state index contributed by atoms with van der Waals surface area (Å²) in [6.07, 6.45) is 10.6. The lowest BCUT2D eigenvalue weighted by Crippen LogP contribution is -2.39. The van der Waals surface area contributed by atoms with Gasteiger partial charge in [0.2, 0.25) is 5.91 Å². The van der Waals surface area contributed by atoms with Crippen LogP contribution in [0, 0.1) is 11.8 Å². The standard InChI is InChI=1S/C18H29NO3/c1-13-7-9-15(10-8-13)19-12-14(11-17(19)20)18(21)22-16-5-3-2-4-6-16/h13-16H,2-12H2,1H3/t13?,14-,15?/m0/s1. The average Bonchev–Trinajstić information content (AvgIpc) is 2.91. The van der Waals surface area contributed by atoms with Gasteiger partial charge in [0.15, 0.2) is 0 Å². The van der Waals surface area contributed by atoms with Crippen molar-refractivity contribution in [2.45, 2.75) is 83.3 Å². The molecule has 1 heterocycles. The Morgan fingerprint density at radius 1 is 1.05 bits per heavy atom. The summed E-state index contributed by atoms with van der Waals surface area (Å²) in [4.78, 5) is 26.6. The minimum Gasteiger partial charge on any atom is -0.462 e. The van der Waals surface area contributed by atoms with E-state index >= 15 is 0 Å². The predicted octanol–water partition coefficient (Wildman–Crippen LogP) is 3.29. The zero-order valence-corrected chi connectivity index (χ0v) is 13.8. The molecule has 0 radical (unpaired) electrons.